The zero-order chi connectivity index (χ0) is 19.4. The second kappa shape index (κ2) is 12.0. The highest BCUT2D eigenvalue weighted by Crippen LogP contribution is 2.12. The molecule has 0 heterocycles. The van der Waals surface area contributed by atoms with Gasteiger partial charge in [0.25, 0.3) is 0 Å². The summed E-state index contributed by atoms with van der Waals surface area (Å²) in [5.74, 6) is -0.480. The highest BCUT2D eigenvalue weighted by atomic mass is 16.5. The number of nitrogens with zero attached hydrogens (tertiary/aromatic N) is 1. The summed E-state index contributed by atoms with van der Waals surface area (Å²) in [6, 6.07) is 10.7. The zero-order valence-corrected chi connectivity index (χ0v) is 15.7. The van der Waals surface area contributed by atoms with Gasteiger partial charge in [-0.1, -0.05) is 44.2 Å². The van der Waals surface area contributed by atoms with Crippen molar-refractivity contribution in [2.75, 3.05) is 13.2 Å². The van der Waals surface area contributed by atoms with Crippen LogP contribution < -0.4 is 5.32 Å². The first kappa shape index (κ1) is 21.7. The summed E-state index contributed by atoms with van der Waals surface area (Å²) in [7, 11) is 0. The van der Waals surface area contributed by atoms with E-state index in [9.17, 15) is 9.59 Å². The number of carbonyl (C=O) groups excluding carboxylic acids is 2. The molecule has 1 N–H and O–H groups in total. The van der Waals surface area contributed by atoms with Crippen LogP contribution in [0.4, 0.5) is 4.79 Å². The van der Waals surface area contributed by atoms with Gasteiger partial charge in [0.1, 0.15) is 6.61 Å². The van der Waals surface area contributed by atoms with E-state index in [1.807, 2.05) is 51.1 Å². The number of hydrogen-bond acceptors (Lipinski definition) is 5. The lowest BCUT2D eigenvalue weighted by molar-refractivity contribution is -0.122. The maximum absolute atomic E-state index is 12.5. The summed E-state index contributed by atoms with van der Waals surface area (Å²) in [5, 5.41) is 11.8. The number of nitriles is 1. The molecule has 0 radical (unpaired) electrons. The minimum Gasteiger partial charge on any atom is -0.445 e. The summed E-state index contributed by atoms with van der Waals surface area (Å²) in [4.78, 5) is 24.6. The zero-order valence-electron chi connectivity index (χ0n) is 15.7. The fourth-order valence-corrected chi connectivity index (χ4v) is 2.44. The van der Waals surface area contributed by atoms with E-state index in [-0.39, 0.29) is 31.3 Å². The molecule has 6 nitrogen and oxygen atoms in total. The Morgan fingerprint density at radius 1 is 1.23 bits per heavy atom. The summed E-state index contributed by atoms with van der Waals surface area (Å²) in [6.45, 7) is 6.62. The number of rotatable bonds is 11. The minimum atomic E-state index is -0.671. The van der Waals surface area contributed by atoms with Gasteiger partial charge >= 0.3 is 6.09 Å². The minimum absolute atomic E-state index is 0.0485. The third kappa shape index (κ3) is 8.63. The average molecular weight is 360 g/mol. The van der Waals surface area contributed by atoms with Gasteiger partial charge in [0.05, 0.1) is 24.6 Å². The monoisotopic (exact) mass is 360 g/mol. The van der Waals surface area contributed by atoms with Crippen LogP contribution in [0.15, 0.2) is 30.3 Å². The van der Waals surface area contributed by atoms with Crippen molar-refractivity contribution >= 4 is 11.9 Å². The van der Waals surface area contributed by atoms with Crippen molar-refractivity contribution in [3.8, 4) is 6.07 Å². The summed E-state index contributed by atoms with van der Waals surface area (Å²) in [6.07, 6.45) is -0.0926. The Hall–Kier alpha value is -2.39. The number of alkyl carbamates (subject to hydrolysis) is 1. The van der Waals surface area contributed by atoms with Crippen molar-refractivity contribution in [3.63, 3.8) is 0 Å². The predicted molar refractivity (Wildman–Crippen MR) is 98.2 cm³/mol. The largest absolute Gasteiger partial charge is 0.445 e. The van der Waals surface area contributed by atoms with Crippen molar-refractivity contribution in [2.45, 2.75) is 46.3 Å². The molecule has 1 rings (SSSR count). The first-order chi connectivity index (χ1) is 12.5. The van der Waals surface area contributed by atoms with Crippen molar-refractivity contribution < 1.29 is 19.1 Å². The number of hydrogen-bond donors (Lipinski definition) is 1. The van der Waals surface area contributed by atoms with Gasteiger partial charge in [-0.2, -0.15) is 5.26 Å². The Kier molecular flexibility index (Phi) is 10.0. The van der Waals surface area contributed by atoms with Gasteiger partial charge in [-0.05, 0) is 24.8 Å². The number of nitrogens with one attached hydrogen (secondary N) is 1. The normalized spacial score (nSPS) is 12.9. The van der Waals surface area contributed by atoms with E-state index < -0.39 is 18.1 Å². The number of ketones is 1. The molecular formula is C20H28N2O4. The molecular weight excluding hydrogens is 332 g/mol. The van der Waals surface area contributed by atoms with Crippen molar-refractivity contribution in [3.05, 3.63) is 35.9 Å². The van der Waals surface area contributed by atoms with Crippen LogP contribution in [0.2, 0.25) is 0 Å². The Morgan fingerprint density at radius 2 is 1.92 bits per heavy atom. The molecule has 6 heteroatoms. The Labute approximate surface area is 155 Å². The molecule has 1 aromatic carbocycles. The van der Waals surface area contributed by atoms with Gasteiger partial charge in [0.2, 0.25) is 0 Å². The molecule has 1 amide bonds. The van der Waals surface area contributed by atoms with E-state index in [0.29, 0.717) is 13.0 Å². The lowest BCUT2D eigenvalue weighted by Gasteiger charge is -2.20. The topological polar surface area (TPSA) is 88.4 Å². The van der Waals surface area contributed by atoms with E-state index in [2.05, 4.69) is 11.4 Å². The standard InChI is InChI=1S/C20H28N2O4/c1-4-25-13-17(12-21)11-19(23)18(10-15(2)3)22-20(24)26-14-16-8-6-5-7-9-16/h5-9,15,17-18H,4,10-11,13-14H2,1-3H3,(H,22,24)/t17-,18+/m1/s1. The van der Waals surface area contributed by atoms with Crippen LogP contribution in [0, 0.1) is 23.2 Å². The third-order valence-corrected chi connectivity index (χ3v) is 3.75. The second-order valence-electron chi connectivity index (χ2n) is 6.54. The van der Waals surface area contributed by atoms with Crippen molar-refractivity contribution in [1.82, 2.24) is 5.32 Å². The Bertz CT molecular complexity index is 596. The summed E-state index contributed by atoms with van der Waals surface area (Å²) < 4.78 is 10.4. The Balaban J connectivity index is 2.59. The third-order valence-electron chi connectivity index (χ3n) is 3.75. The molecule has 2 atom stereocenters. The maximum Gasteiger partial charge on any atom is 0.408 e. The van der Waals surface area contributed by atoms with Gasteiger partial charge in [0, 0.05) is 13.0 Å². The molecule has 0 unspecified atom stereocenters. The van der Waals surface area contributed by atoms with Gasteiger partial charge in [-0.15, -0.1) is 0 Å². The fourth-order valence-electron chi connectivity index (χ4n) is 2.44. The molecule has 0 spiro atoms. The van der Waals surface area contributed by atoms with Crippen LogP contribution >= 0.6 is 0 Å². The molecule has 0 fully saturated rings. The van der Waals surface area contributed by atoms with Gasteiger partial charge in [-0.25, -0.2) is 4.79 Å². The van der Waals surface area contributed by atoms with E-state index >= 15 is 0 Å². The number of ether oxygens (including phenoxy) is 2. The van der Waals surface area contributed by atoms with Gasteiger partial charge in [-0.3, -0.25) is 4.79 Å². The molecule has 0 aromatic heterocycles. The highest BCUT2D eigenvalue weighted by molar-refractivity contribution is 5.87. The SMILES string of the molecule is CCOC[C@@H](C#N)CC(=O)[C@H](CC(C)C)NC(=O)OCc1ccccc1. The lowest BCUT2D eigenvalue weighted by atomic mass is 9.94. The van der Waals surface area contributed by atoms with Gasteiger partial charge in [0.15, 0.2) is 5.78 Å². The van der Waals surface area contributed by atoms with E-state index in [0.717, 1.165) is 5.56 Å². The number of benzene rings is 1. The second-order valence-corrected chi connectivity index (χ2v) is 6.54. The van der Waals surface area contributed by atoms with E-state index in [4.69, 9.17) is 14.7 Å². The molecule has 0 saturated carbocycles. The van der Waals surface area contributed by atoms with Crippen LogP contribution in [-0.2, 0) is 20.9 Å². The van der Waals surface area contributed by atoms with Crippen LogP contribution in [0.25, 0.3) is 0 Å². The predicted octanol–water partition coefficient (Wildman–Crippen LogP) is 3.46. The molecule has 0 saturated heterocycles. The molecule has 0 aliphatic carbocycles. The van der Waals surface area contributed by atoms with E-state index in [1.54, 1.807) is 0 Å². The van der Waals surface area contributed by atoms with Crippen LogP contribution in [0.1, 0.15) is 39.2 Å². The number of Topliss-reactive ketones (excluding diaryl/α,β-unsaturated/α-hetero) is 1. The lowest BCUT2D eigenvalue weighted by Crippen LogP contribution is -2.42. The van der Waals surface area contributed by atoms with E-state index in [1.165, 1.54) is 0 Å². The Morgan fingerprint density at radius 3 is 2.50 bits per heavy atom. The highest BCUT2D eigenvalue weighted by Gasteiger charge is 2.25. The first-order valence-corrected chi connectivity index (χ1v) is 8.93. The quantitative estimate of drug-likeness (QED) is 0.653. The van der Waals surface area contributed by atoms with Crippen LogP contribution in [-0.4, -0.2) is 31.1 Å². The van der Waals surface area contributed by atoms with Gasteiger partial charge < -0.3 is 14.8 Å². The number of amides is 1. The van der Waals surface area contributed by atoms with Crippen LogP contribution in [0.5, 0.6) is 0 Å². The van der Waals surface area contributed by atoms with Crippen LogP contribution in [0.3, 0.4) is 0 Å². The van der Waals surface area contributed by atoms with Crippen molar-refractivity contribution in [2.24, 2.45) is 11.8 Å². The number of carbonyl (C=O) groups is 2. The summed E-state index contributed by atoms with van der Waals surface area (Å²) in [5.41, 5.74) is 0.871. The molecule has 0 bridgehead atoms. The van der Waals surface area contributed by atoms with Crippen molar-refractivity contribution in [1.29, 1.82) is 5.26 Å². The molecule has 142 valence electrons. The molecule has 0 aliphatic heterocycles. The summed E-state index contributed by atoms with van der Waals surface area (Å²) >= 11 is 0. The fraction of sp³-hybridized carbons (Fsp3) is 0.550. The molecule has 26 heavy (non-hydrogen) atoms. The smallest absolute Gasteiger partial charge is 0.408 e. The maximum atomic E-state index is 12.5. The first-order valence-electron chi connectivity index (χ1n) is 8.93. The molecule has 0 aliphatic rings. The average Bonchev–Trinajstić information content (AvgIpc) is 2.63. The molecule has 1 aromatic rings.